The molecule has 5 heteroatoms. The predicted octanol–water partition coefficient (Wildman–Crippen LogP) is 2.19. The molecule has 0 aliphatic carbocycles. The molecule has 116 valence electrons. The molecule has 5 nitrogen and oxygen atoms in total. The molecule has 1 rings (SSSR count). The van der Waals surface area contributed by atoms with E-state index in [0.717, 1.165) is 12.8 Å². The van der Waals surface area contributed by atoms with Crippen LogP contribution in [0.1, 0.15) is 58.3 Å². The van der Waals surface area contributed by atoms with Crippen molar-refractivity contribution in [1.29, 1.82) is 0 Å². The molecule has 0 aromatic carbocycles. The van der Waals surface area contributed by atoms with Gasteiger partial charge in [-0.05, 0) is 6.42 Å². The Hall–Kier alpha value is -1.10. The number of hydrogen-bond acceptors (Lipinski definition) is 4. The fraction of sp³-hybridized carbons (Fsp3) is 0.867. The summed E-state index contributed by atoms with van der Waals surface area (Å²) in [7, 11) is 0. The van der Waals surface area contributed by atoms with Crippen molar-refractivity contribution in [2.45, 2.75) is 64.3 Å². The third-order valence-electron chi connectivity index (χ3n) is 3.40. The molecule has 1 atom stereocenters. The van der Waals surface area contributed by atoms with E-state index in [1.165, 1.54) is 32.1 Å². The van der Waals surface area contributed by atoms with Gasteiger partial charge in [-0.1, -0.05) is 45.4 Å². The van der Waals surface area contributed by atoms with Crippen LogP contribution in [0, 0.1) is 0 Å². The van der Waals surface area contributed by atoms with Gasteiger partial charge in [0.25, 0.3) is 0 Å². The summed E-state index contributed by atoms with van der Waals surface area (Å²) >= 11 is 0. The molecular formula is C15H27NO4. The minimum atomic E-state index is -0.482. The summed E-state index contributed by atoms with van der Waals surface area (Å²) in [5, 5.41) is 2.62. The van der Waals surface area contributed by atoms with Crippen LogP contribution in [0.25, 0.3) is 0 Å². The predicted molar refractivity (Wildman–Crippen MR) is 76.3 cm³/mol. The van der Waals surface area contributed by atoms with Crippen molar-refractivity contribution in [3.05, 3.63) is 0 Å². The first-order valence-corrected chi connectivity index (χ1v) is 7.77. The van der Waals surface area contributed by atoms with Gasteiger partial charge in [-0.15, -0.1) is 0 Å². The van der Waals surface area contributed by atoms with Gasteiger partial charge in [-0.25, -0.2) is 4.79 Å². The van der Waals surface area contributed by atoms with Crippen molar-refractivity contribution in [3.8, 4) is 0 Å². The number of nitrogens with one attached hydrogen (secondary N) is 1. The van der Waals surface area contributed by atoms with Crippen LogP contribution in [0.4, 0.5) is 0 Å². The van der Waals surface area contributed by atoms with E-state index in [-0.39, 0.29) is 18.5 Å². The van der Waals surface area contributed by atoms with E-state index in [2.05, 4.69) is 12.2 Å². The molecule has 20 heavy (non-hydrogen) atoms. The van der Waals surface area contributed by atoms with Crippen LogP contribution in [0.15, 0.2) is 0 Å². The van der Waals surface area contributed by atoms with E-state index in [0.29, 0.717) is 19.6 Å². The fourth-order valence-corrected chi connectivity index (χ4v) is 2.19. The van der Waals surface area contributed by atoms with Crippen LogP contribution in [0.3, 0.4) is 0 Å². The number of hydrogen-bond donors (Lipinski definition) is 1. The summed E-state index contributed by atoms with van der Waals surface area (Å²) in [4.78, 5) is 22.7. The van der Waals surface area contributed by atoms with E-state index >= 15 is 0 Å². The lowest BCUT2D eigenvalue weighted by atomic mass is 10.1. The minimum absolute atomic E-state index is 0.0274. The van der Waals surface area contributed by atoms with Crippen molar-refractivity contribution in [3.63, 3.8) is 0 Å². The van der Waals surface area contributed by atoms with E-state index in [1.54, 1.807) is 0 Å². The summed E-state index contributed by atoms with van der Waals surface area (Å²) in [6.45, 7) is 3.24. The van der Waals surface area contributed by atoms with E-state index in [9.17, 15) is 9.59 Å². The monoisotopic (exact) mass is 285 g/mol. The van der Waals surface area contributed by atoms with E-state index < -0.39 is 6.04 Å². The number of cyclic esters (lactones) is 1. The highest BCUT2D eigenvalue weighted by atomic mass is 16.5. The molecular weight excluding hydrogens is 258 g/mol. The fourth-order valence-electron chi connectivity index (χ4n) is 2.19. The molecule has 0 aromatic rings. The largest absolute Gasteiger partial charge is 0.464 e. The van der Waals surface area contributed by atoms with Gasteiger partial charge in [0.05, 0.1) is 6.61 Å². The molecule has 1 N–H and O–H groups in total. The van der Waals surface area contributed by atoms with Crippen molar-refractivity contribution < 1.29 is 19.1 Å². The van der Waals surface area contributed by atoms with Crippen LogP contribution >= 0.6 is 0 Å². The number of ether oxygens (including phenoxy) is 2. The molecule has 0 spiro atoms. The highest BCUT2D eigenvalue weighted by molar-refractivity contribution is 5.85. The number of carbonyl (C=O) groups excluding carboxylic acids is 2. The lowest BCUT2D eigenvalue weighted by Gasteiger charge is -2.09. The van der Waals surface area contributed by atoms with Crippen molar-refractivity contribution in [2.75, 3.05) is 19.8 Å². The summed E-state index contributed by atoms with van der Waals surface area (Å²) in [6, 6.07) is -0.482. The average Bonchev–Trinajstić information content (AvgIpc) is 2.82. The van der Waals surface area contributed by atoms with E-state index in [1.807, 2.05) is 0 Å². The zero-order valence-corrected chi connectivity index (χ0v) is 12.5. The van der Waals surface area contributed by atoms with Crippen LogP contribution in [0.2, 0.25) is 0 Å². The number of rotatable bonds is 11. The first-order chi connectivity index (χ1) is 9.74. The molecule has 1 aliphatic rings. The van der Waals surface area contributed by atoms with Gasteiger partial charge in [0, 0.05) is 13.0 Å². The van der Waals surface area contributed by atoms with Gasteiger partial charge in [-0.3, -0.25) is 4.79 Å². The molecule has 1 saturated heterocycles. The maximum absolute atomic E-state index is 11.5. The van der Waals surface area contributed by atoms with Gasteiger partial charge >= 0.3 is 5.97 Å². The molecule has 1 aliphatic heterocycles. The highest BCUT2D eigenvalue weighted by Crippen LogP contribution is 2.07. The van der Waals surface area contributed by atoms with Crippen molar-refractivity contribution in [2.24, 2.45) is 0 Å². The second-order valence-electron chi connectivity index (χ2n) is 5.25. The topological polar surface area (TPSA) is 64.6 Å². The Morgan fingerprint density at radius 1 is 1.25 bits per heavy atom. The standard InChI is InChI=1S/C15H27NO4/c1-2-3-4-5-6-7-8-10-19-12-14(17)16-13-9-11-20-15(13)18/h13H,2-12H2,1H3,(H,16,17)/t13-/m0/s1. The Morgan fingerprint density at radius 2 is 1.95 bits per heavy atom. The number of unbranched alkanes of at least 4 members (excludes halogenated alkanes) is 6. The van der Waals surface area contributed by atoms with Crippen LogP contribution in [-0.2, 0) is 19.1 Å². The molecule has 0 unspecified atom stereocenters. The third-order valence-corrected chi connectivity index (χ3v) is 3.40. The Kier molecular flexibility index (Phi) is 9.04. The molecule has 1 heterocycles. The van der Waals surface area contributed by atoms with Crippen LogP contribution in [0.5, 0.6) is 0 Å². The van der Waals surface area contributed by atoms with Gasteiger partial charge in [0.1, 0.15) is 12.6 Å². The minimum Gasteiger partial charge on any atom is -0.464 e. The Bertz CT molecular complexity index is 294. The maximum atomic E-state index is 11.5. The molecule has 1 amide bonds. The van der Waals surface area contributed by atoms with Gasteiger partial charge < -0.3 is 14.8 Å². The summed E-state index contributed by atoms with van der Waals surface area (Å²) in [5.74, 6) is -0.581. The second kappa shape index (κ2) is 10.7. The molecule has 0 aromatic heterocycles. The van der Waals surface area contributed by atoms with Crippen LogP contribution in [-0.4, -0.2) is 37.7 Å². The van der Waals surface area contributed by atoms with Gasteiger partial charge in [-0.2, -0.15) is 0 Å². The highest BCUT2D eigenvalue weighted by Gasteiger charge is 2.27. The Morgan fingerprint density at radius 3 is 2.60 bits per heavy atom. The molecule has 0 radical (unpaired) electrons. The lowest BCUT2D eigenvalue weighted by molar-refractivity contribution is -0.142. The van der Waals surface area contributed by atoms with Crippen molar-refractivity contribution in [1.82, 2.24) is 5.32 Å². The van der Waals surface area contributed by atoms with Gasteiger partial charge in [0.15, 0.2) is 0 Å². The number of carbonyl (C=O) groups is 2. The normalized spacial score (nSPS) is 18.1. The summed E-state index contributed by atoms with van der Waals surface area (Å²) in [6.07, 6.45) is 9.14. The molecule has 1 fully saturated rings. The maximum Gasteiger partial charge on any atom is 0.328 e. The van der Waals surface area contributed by atoms with Crippen molar-refractivity contribution >= 4 is 11.9 Å². The average molecular weight is 285 g/mol. The first-order valence-electron chi connectivity index (χ1n) is 7.77. The smallest absolute Gasteiger partial charge is 0.328 e. The molecule has 0 bridgehead atoms. The first kappa shape index (κ1) is 17.0. The quantitative estimate of drug-likeness (QED) is 0.467. The number of esters is 1. The Labute approximate surface area is 121 Å². The summed E-state index contributed by atoms with van der Waals surface area (Å²) in [5.41, 5.74) is 0. The van der Waals surface area contributed by atoms with Crippen LogP contribution < -0.4 is 5.32 Å². The summed E-state index contributed by atoms with van der Waals surface area (Å²) < 4.78 is 10.1. The molecule has 0 saturated carbocycles. The zero-order valence-electron chi connectivity index (χ0n) is 12.5. The lowest BCUT2D eigenvalue weighted by Crippen LogP contribution is -2.39. The third kappa shape index (κ3) is 7.48. The second-order valence-corrected chi connectivity index (χ2v) is 5.25. The van der Waals surface area contributed by atoms with E-state index in [4.69, 9.17) is 9.47 Å². The zero-order chi connectivity index (χ0) is 14.6. The van der Waals surface area contributed by atoms with Gasteiger partial charge in [0.2, 0.25) is 5.91 Å². The Balaban J connectivity index is 1.88. The number of amides is 1. The SMILES string of the molecule is CCCCCCCCCOCC(=O)N[C@H]1CCOC1=O.